The largest absolute Gasteiger partial charge is 0.281 e. The molecule has 0 aromatic heterocycles. The van der Waals surface area contributed by atoms with Gasteiger partial charge < -0.3 is 0 Å². The van der Waals surface area contributed by atoms with E-state index in [2.05, 4.69) is 25.1 Å². The summed E-state index contributed by atoms with van der Waals surface area (Å²) < 4.78 is 0. The molecule has 2 amide bonds. The highest BCUT2D eigenvalue weighted by Crippen LogP contribution is 2.44. The average Bonchev–Trinajstić information content (AvgIpc) is 3.10. The van der Waals surface area contributed by atoms with Crippen molar-refractivity contribution in [3.8, 4) is 0 Å². The Labute approximate surface area is 129 Å². The van der Waals surface area contributed by atoms with Crippen molar-refractivity contribution in [3.05, 3.63) is 29.8 Å². The SMILES string of the molecule is CC1CC2C(=O)N(CC3Cc4ccccc4S3)C(=O)C2C1. The zero-order valence-electron chi connectivity index (χ0n) is 12.1. The monoisotopic (exact) mass is 301 g/mol. The summed E-state index contributed by atoms with van der Waals surface area (Å²) in [6.45, 7) is 2.73. The van der Waals surface area contributed by atoms with Crippen molar-refractivity contribution in [2.45, 2.75) is 36.3 Å². The van der Waals surface area contributed by atoms with E-state index in [1.54, 1.807) is 4.90 Å². The second-order valence-electron chi connectivity index (χ2n) is 6.63. The molecule has 2 fully saturated rings. The van der Waals surface area contributed by atoms with Crippen LogP contribution in [0.2, 0.25) is 0 Å². The van der Waals surface area contributed by atoms with Crippen LogP contribution < -0.4 is 0 Å². The number of likely N-dealkylation sites (tertiary alicyclic amines) is 1. The first-order valence-corrected chi connectivity index (χ1v) is 8.61. The Bertz CT molecular complexity index is 566. The van der Waals surface area contributed by atoms with E-state index in [0.717, 1.165) is 19.3 Å². The van der Waals surface area contributed by atoms with Crippen molar-refractivity contribution < 1.29 is 9.59 Å². The first kappa shape index (κ1) is 13.4. The molecule has 3 aliphatic rings. The van der Waals surface area contributed by atoms with Crippen LogP contribution in [0.1, 0.15) is 25.3 Å². The third-order valence-corrected chi connectivity index (χ3v) is 6.37. The predicted octanol–water partition coefficient (Wildman–Crippen LogP) is 2.73. The van der Waals surface area contributed by atoms with Crippen LogP contribution in [0.15, 0.2) is 29.2 Å². The zero-order valence-corrected chi connectivity index (χ0v) is 12.9. The van der Waals surface area contributed by atoms with Crippen molar-refractivity contribution in [1.29, 1.82) is 0 Å². The second kappa shape index (κ2) is 4.87. The molecule has 3 nitrogen and oxygen atoms in total. The summed E-state index contributed by atoms with van der Waals surface area (Å²) in [6.07, 6.45) is 2.75. The van der Waals surface area contributed by atoms with E-state index in [1.165, 1.54) is 10.5 Å². The number of thioether (sulfide) groups is 1. The summed E-state index contributed by atoms with van der Waals surface area (Å²) in [7, 11) is 0. The molecule has 2 aliphatic heterocycles. The van der Waals surface area contributed by atoms with Gasteiger partial charge in [-0.25, -0.2) is 0 Å². The molecule has 1 saturated heterocycles. The Morgan fingerprint density at radius 2 is 1.81 bits per heavy atom. The molecular formula is C17H19NO2S. The molecule has 2 heterocycles. The van der Waals surface area contributed by atoms with Crippen molar-refractivity contribution >= 4 is 23.6 Å². The fourth-order valence-corrected chi connectivity index (χ4v) is 5.39. The fraction of sp³-hybridized carbons (Fsp3) is 0.529. The summed E-state index contributed by atoms with van der Waals surface area (Å²) >= 11 is 1.81. The van der Waals surface area contributed by atoms with E-state index >= 15 is 0 Å². The predicted molar refractivity (Wildman–Crippen MR) is 81.9 cm³/mol. The summed E-state index contributed by atoms with van der Waals surface area (Å²) in [5.74, 6) is 0.638. The highest BCUT2D eigenvalue weighted by atomic mass is 32.2. The third-order valence-electron chi connectivity index (χ3n) is 5.06. The van der Waals surface area contributed by atoms with Crippen LogP contribution >= 0.6 is 11.8 Å². The minimum atomic E-state index is -0.0266. The molecule has 1 aliphatic carbocycles. The van der Waals surface area contributed by atoms with Crippen LogP contribution in [0, 0.1) is 17.8 Å². The number of carbonyl (C=O) groups is 2. The zero-order chi connectivity index (χ0) is 14.6. The maximum atomic E-state index is 12.5. The highest BCUT2D eigenvalue weighted by molar-refractivity contribution is 8.00. The molecule has 1 aromatic carbocycles. The minimum absolute atomic E-state index is 0.0266. The van der Waals surface area contributed by atoms with Crippen LogP contribution in [0.3, 0.4) is 0 Å². The van der Waals surface area contributed by atoms with Crippen molar-refractivity contribution in [3.63, 3.8) is 0 Å². The number of fused-ring (bicyclic) bond motifs is 2. The average molecular weight is 301 g/mol. The molecule has 3 unspecified atom stereocenters. The molecule has 110 valence electrons. The van der Waals surface area contributed by atoms with Crippen LogP contribution in [-0.2, 0) is 16.0 Å². The molecule has 3 atom stereocenters. The Kier molecular flexibility index (Phi) is 3.10. The quantitative estimate of drug-likeness (QED) is 0.788. The molecule has 4 rings (SSSR count). The maximum absolute atomic E-state index is 12.5. The third kappa shape index (κ3) is 2.11. The number of carbonyl (C=O) groups excluding carboxylic acids is 2. The lowest BCUT2D eigenvalue weighted by Crippen LogP contribution is -2.37. The molecule has 0 radical (unpaired) electrons. The summed E-state index contributed by atoms with van der Waals surface area (Å²) in [4.78, 5) is 27.9. The number of imide groups is 1. The van der Waals surface area contributed by atoms with E-state index in [-0.39, 0.29) is 23.7 Å². The van der Waals surface area contributed by atoms with Gasteiger partial charge >= 0.3 is 0 Å². The number of hydrogen-bond acceptors (Lipinski definition) is 3. The van der Waals surface area contributed by atoms with Gasteiger partial charge in [-0.1, -0.05) is 25.1 Å². The van der Waals surface area contributed by atoms with Crippen LogP contribution in [-0.4, -0.2) is 28.5 Å². The topological polar surface area (TPSA) is 37.4 Å². The van der Waals surface area contributed by atoms with Gasteiger partial charge in [0.2, 0.25) is 11.8 Å². The number of hydrogen-bond donors (Lipinski definition) is 0. The molecule has 1 aromatic rings. The fourth-order valence-electron chi connectivity index (χ4n) is 4.09. The molecule has 4 heteroatoms. The lowest BCUT2D eigenvalue weighted by Gasteiger charge is -2.20. The van der Waals surface area contributed by atoms with Gasteiger partial charge in [0.05, 0.1) is 11.8 Å². The summed E-state index contributed by atoms with van der Waals surface area (Å²) in [5.41, 5.74) is 1.35. The van der Waals surface area contributed by atoms with Gasteiger partial charge in [-0.05, 0) is 36.8 Å². The van der Waals surface area contributed by atoms with E-state index in [4.69, 9.17) is 0 Å². The maximum Gasteiger partial charge on any atom is 0.233 e. The number of rotatable bonds is 2. The minimum Gasteiger partial charge on any atom is -0.281 e. The lowest BCUT2D eigenvalue weighted by molar-refractivity contribution is -0.140. The van der Waals surface area contributed by atoms with E-state index in [1.807, 2.05) is 17.8 Å². The standard InChI is InChI=1S/C17H19NO2S/c1-10-6-13-14(7-10)17(20)18(16(13)19)9-12-8-11-4-2-3-5-15(11)21-12/h2-5,10,12-14H,6-9H2,1H3. The number of nitrogens with zero attached hydrogens (tertiary/aromatic N) is 1. The normalized spacial score (nSPS) is 34.4. The van der Waals surface area contributed by atoms with Gasteiger partial charge in [-0.2, -0.15) is 0 Å². The van der Waals surface area contributed by atoms with Gasteiger partial charge in [0.15, 0.2) is 0 Å². The van der Waals surface area contributed by atoms with Crippen molar-refractivity contribution in [2.75, 3.05) is 6.54 Å². The van der Waals surface area contributed by atoms with Crippen LogP contribution in [0.4, 0.5) is 0 Å². The molecular weight excluding hydrogens is 282 g/mol. The Morgan fingerprint density at radius 3 is 2.48 bits per heavy atom. The molecule has 0 N–H and O–H groups in total. The van der Waals surface area contributed by atoms with Crippen LogP contribution in [0.25, 0.3) is 0 Å². The lowest BCUT2D eigenvalue weighted by atomic mass is 10.00. The Balaban J connectivity index is 1.47. The van der Waals surface area contributed by atoms with Gasteiger partial charge in [0.25, 0.3) is 0 Å². The van der Waals surface area contributed by atoms with E-state index < -0.39 is 0 Å². The number of amides is 2. The smallest absolute Gasteiger partial charge is 0.233 e. The van der Waals surface area contributed by atoms with E-state index in [9.17, 15) is 9.59 Å². The summed E-state index contributed by atoms with van der Waals surface area (Å²) in [5, 5.41) is 0.326. The summed E-state index contributed by atoms with van der Waals surface area (Å²) in [6, 6.07) is 8.38. The molecule has 1 saturated carbocycles. The van der Waals surface area contributed by atoms with Gasteiger partial charge in [-0.3, -0.25) is 14.5 Å². The van der Waals surface area contributed by atoms with Crippen molar-refractivity contribution in [1.82, 2.24) is 4.90 Å². The number of benzene rings is 1. The van der Waals surface area contributed by atoms with Gasteiger partial charge in [0, 0.05) is 16.7 Å². The Morgan fingerprint density at radius 1 is 1.14 bits per heavy atom. The second-order valence-corrected chi connectivity index (χ2v) is 7.97. The van der Waals surface area contributed by atoms with Gasteiger partial charge in [-0.15, -0.1) is 11.8 Å². The molecule has 21 heavy (non-hydrogen) atoms. The first-order valence-electron chi connectivity index (χ1n) is 7.73. The van der Waals surface area contributed by atoms with Crippen molar-refractivity contribution in [2.24, 2.45) is 17.8 Å². The molecule has 0 spiro atoms. The van der Waals surface area contributed by atoms with Crippen LogP contribution in [0.5, 0.6) is 0 Å². The Hall–Kier alpha value is -1.29. The van der Waals surface area contributed by atoms with Gasteiger partial charge in [0.1, 0.15) is 0 Å². The van der Waals surface area contributed by atoms with E-state index in [0.29, 0.717) is 17.7 Å². The first-order chi connectivity index (χ1) is 10.1. The highest BCUT2D eigenvalue weighted by Gasteiger charge is 2.52. The molecule has 0 bridgehead atoms.